The van der Waals surface area contributed by atoms with Gasteiger partial charge in [-0.15, -0.1) is 0 Å². The third kappa shape index (κ3) is 7.42. The molecule has 226 valence electrons. The summed E-state index contributed by atoms with van der Waals surface area (Å²) >= 11 is 0. The van der Waals surface area contributed by atoms with E-state index >= 15 is 0 Å². The Labute approximate surface area is 250 Å². The van der Waals surface area contributed by atoms with Gasteiger partial charge in [-0.2, -0.15) is 0 Å². The van der Waals surface area contributed by atoms with Gasteiger partial charge in [0.25, 0.3) is 11.8 Å². The van der Waals surface area contributed by atoms with E-state index in [0.29, 0.717) is 53.7 Å². The zero-order valence-corrected chi connectivity index (χ0v) is 24.6. The van der Waals surface area contributed by atoms with E-state index in [1.807, 2.05) is 45.0 Å². The van der Waals surface area contributed by atoms with Crippen LogP contribution in [0.5, 0.6) is 17.2 Å². The van der Waals surface area contributed by atoms with Crippen molar-refractivity contribution in [3.05, 3.63) is 77.5 Å². The molecule has 0 saturated carbocycles. The minimum Gasteiger partial charge on any atom is -0.491 e. The van der Waals surface area contributed by atoms with Gasteiger partial charge in [0.05, 0.1) is 37.0 Å². The molecule has 1 fully saturated rings. The number of carbonyl (C=O) groups is 3. The fourth-order valence-corrected chi connectivity index (χ4v) is 5.24. The number of rotatable bonds is 4. The molecule has 0 aliphatic carbocycles. The number of fused-ring (bicyclic) bond motifs is 5. The molecule has 2 aromatic carbocycles. The Morgan fingerprint density at radius 1 is 1.14 bits per heavy atom. The minimum atomic E-state index is -0.498. The molecule has 5 rings (SSSR count). The highest BCUT2D eigenvalue weighted by atomic mass is 16.5. The molecule has 0 unspecified atom stereocenters. The van der Waals surface area contributed by atoms with Gasteiger partial charge < -0.3 is 35.1 Å². The Kier molecular flexibility index (Phi) is 9.10. The van der Waals surface area contributed by atoms with Crippen molar-refractivity contribution in [2.24, 2.45) is 0 Å². The Bertz CT molecular complexity index is 1480. The van der Waals surface area contributed by atoms with Crippen molar-refractivity contribution in [1.82, 2.24) is 20.1 Å². The third-order valence-electron chi connectivity index (χ3n) is 7.32. The quantitative estimate of drug-likeness (QED) is 0.472. The van der Waals surface area contributed by atoms with E-state index in [-0.39, 0.29) is 49.6 Å². The molecule has 3 aromatic rings. The highest BCUT2D eigenvalue weighted by molar-refractivity contribution is 5.97. The molecule has 1 aromatic heterocycles. The summed E-state index contributed by atoms with van der Waals surface area (Å²) in [5, 5.41) is 3.05. The maximum Gasteiger partial charge on any atom is 0.255 e. The fraction of sp³-hybridized carbons (Fsp3) is 0.375. The standard InChI is InChI=1S/C32H37N5O6/c1-4-36-18-30(38)35-27-17-37(31(39)22-8-9-29(33)34-16-22)11-10-28(27)41-19-21-6-5-7-24(12-21)43-26-14-23(32(36)40)13-25(15-26)42-20(2)3/h5-9,12-16,20,27-28H,4,10-11,17-19H2,1-3H3,(H2,33,34)(H,35,38)/t27-,28-/m0/s1. The number of pyridine rings is 1. The van der Waals surface area contributed by atoms with Gasteiger partial charge >= 0.3 is 0 Å². The summed E-state index contributed by atoms with van der Waals surface area (Å²) in [4.78, 5) is 47.4. The van der Waals surface area contributed by atoms with Gasteiger partial charge in [0.15, 0.2) is 0 Å². The molecule has 4 bridgehead atoms. The summed E-state index contributed by atoms with van der Waals surface area (Å²) < 4.78 is 18.4. The lowest BCUT2D eigenvalue weighted by Crippen LogP contribution is -2.58. The Morgan fingerprint density at radius 2 is 1.98 bits per heavy atom. The lowest BCUT2D eigenvalue weighted by Gasteiger charge is -2.39. The van der Waals surface area contributed by atoms with Crippen LogP contribution in [0.4, 0.5) is 5.82 Å². The van der Waals surface area contributed by atoms with E-state index in [9.17, 15) is 14.4 Å². The molecular formula is C32H37N5O6. The Morgan fingerprint density at radius 3 is 2.72 bits per heavy atom. The molecule has 11 heteroatoms. The number of likely N-dealkylation sites (tertiary alicyclic amines) is 1. The highest BCUT2D eigenvalue weighted by Crippen LogP contribution is 2.30. The van der Waals surface area contributed by atoms with Crippen molar-refractivity contribution in [3.8, 4) is 17.2 Å². The van der Waals surface area contributed by atoms with Gasteiger partial charge in [0.1, 0.15) is 23.1 Å². The van der Waals surface area contributed by atoms with Crippen LogP contribution in [-0.2, 0) is 16.1 Å². The largest absolute Gasteiger partial charge is 0.491 e. The third-order valence-corrected chi connectivity index (χ3v) is 7.32. The van der Waals surface area contributed by atoms with Crippen molar-refractivity contribution < 1.29 is 28.6 Å². The molecule has 11 nitrogen and oxygen atoms in total. The van der Waals surface area contributed by atoms with Crippen molar-refractivity contribution >= 4 is 23.5 Å². The number of likely N-dealkylation sites (N-methyl/N-ethyl adjacent to an activating group) is 1. The molecular weight excluding hydrogens is 550 g/mol. The first-order valence-electron chi connectivity index (χ1n) is 14.5. The number of hydrogen-bond donors (Lipinski definition) is 2. The zero-order chi connectivity index (χ0) is 30.5. The monoisotopic (exact) mass is 587 g/mol. The van der Waals surface area contributed by atoms with Crippen LogP contribution in [0.1, 0.15) is 53.5 Å². The molecule has 3 N–H and O–H groups in total. The van der Waals surface area contributed by atoms with Crippen LogP contribution in [0.25, 0.3) is 0 Å². The zero-order valence-electron chi connectivity index (χ0n) is 24.6. The van der Waals surface area contributed by atoms with Gasteiger partial charge in [-0.25, -0.2) is 4.98 Å². The Hall–Kier alpha value is -4.64. The molecule has 43 heavy (non-hydrogen) atoms. The van der Waals surface area contributed by atoms with Crippen LogP contribution >= 0.6 is 0 Å². The van der Waals surface area contributed by atoms with Crippen molar-refractivity contribution in [2.45, 2.75) is 52.0 Å². The number of amides is 3. The van der Waals surface area contributed by atoms with Gasteiger partial charge in [-0.1, -0.05) is 12.1 Å². The summed E-state index contributed by atoms with van der Waals surface area (Å²) in [6, 6.07) is 15.3. The van der Waals surface area contributed by atoms with E-state index in [0.717, 1.165) is 5.56 Å². The van der Waals surface area contributed by atoms with E-state index in [1.54, 1.807) is 35.2 Å². The number of carbonyl (C=O) groups excluding carboxylic acids is 3. The molecule has 2 atom stereocenters. The minimum absolute atomic E-state index is 0.115. The first kappa shape index (κ1) is 29.8. The number of anilines is 1. The van der Waals surface area contributed by atoms with Crippen molar-refractivity contribution in [1.29, 1.82) is 0 Å². The van der Waals surface area contributed by atoms with Gasteiger partial charge in [0.2, 0.25) is 5.91 Å². The second kappa shape index (κ2) is 13.1. The summed E-state index contributed by atoms with van der Waals surface area (Å²) in [6.07, 6.45) is 1.49. The summed E-state index contributed by atoms with van der Waals surface area (Å²) in [5.41, 5.74) is 7.33. The van der Waals surface area contributed by atoms with Crippen LogP contribution in [0.3, 0.4) is 0 Å². The summed E-state index contributed by atoms with van der Waals surface area (Å²) in [6.45, 7) is 6.72. The van der Waals surface area contributed by atoms with Gasteiger partial charge in [-0.3, -0.25) is 14.4 Å². The number of nitrogens with zero attached hydrogens (tertiary/aromatic N) is 3. The smallest absolute Gasteiger partial charge is 0.255 e. The molecule has 2 aliphatic rings. The Balaban J connectivity index is 1.44. The number of nitrogens with one attached hydrogen (secondary N) is 1. The molecule has 0 radical (unpaired) electrons. The molecule has 0 spiro atoms. The summed E-state index contributed by atoms with van der Waals surface area (Å²) in [7, 11) is 0. The molecule has 2 aliphatic heterocycles. The molecule has 3 amide bonds. The number of piperidine rings is 1. The van der Waals surface area contributed by atoms with Crippen LogP contribution in [0.15, 0.2) is 60.8 Å². The highest BCUT2D eigenvalue weighted by Gasteiger charge is 2.34. The first-order chi connectivity index (χ1) is 20.7. The summed E-state index contributed by atoms with van der Waals surface area (Å²) in [5.74, 6) is 0.959. The predicted molar refractivity (Wildman–Crippen MR) is 160 cm³/mol. The van der Waals surface area contributed by atoms with E-state index in [1.165, 1.54) is 11.1 Å². The van der Waals surface area contributed by atoms with Crippen molar-refractivity contribution in [2.75, 3.05) is 31.9 Å². The SMILES string of the molecule is CCN1CC(=O)N[C@H]2CN(C(=O)c3ccc(N)nc3)CC[C@@H]2OCc2cccc(c2)Oc2cc(OC(C)C)cc(c2)C1=O. The number of aromatic nitrogens is 1. The van der Waals surface area contributed by atoms with E-state index < -0.39 is 6.04 Å². The fourth-order valence-electron chi connectivity index (χ4n) is 5.24. The van der Waals surface area contributed by atoms with Crippen LogP contribution in [0, 0.1) is 0 Å². The topological polar surface area (TPSA) is 136 Å². The second-order valence-electron chi connectivity index (χ2n) is 11.0. The van der Waals surface area contributed by atoms with Crippen LogP contribution < -0.4 is 20.5 Å². The average molecular weight is 588 g/mol. The van der Waals surface area contributed by atoms with Crippen molar-refractivity contribution in [3.63, 3.8) is 0 Å². The number of benzene rings is 2. The predicted octanol–water partition coefficient (Wildman–Crippen LogP) is 3.64. The normalized spacial score (nSPS) is 19.3. The lowest BCUT2D eigenvalue weighted by atomic mass is 10.0. The number of nitrogens with two attached hydrogens (primary N) is 1. The number of nitrogen functional groups attached to an aromatic ring is 1. The number of ether oxygens (including phenoxy) is 3. The first-order valence-corrected chi connectivity index (χ1v) is 14.5. The maximum atomic E-state index is 13.6. The van der Waals surface area contributed by atoms with E-state index in [2.05, 4.69) is 10.3 Å². The molecule has 3 heterocycles. The van der Waals surface area contributed by atoms with E-state index in [4.69, 9.17) is 19.9 Å². The van der Waals surface area contributed by atoms with Gasteiger partial charge in [0, 0.05) is 37.5 Å². The second-order valence-corrected chi connectivity index (χ2v) is 11.0. The van der Waals surface area contributed by atoms with Crippen LogP contribution in [0.2, 0.25) is 0 Å². The molecule has 1 saturated heterocycles. The maximum absolute atomic E-state index is 13.6. The van der Waals surface area contributed by atoms with Gasteiger partial charge in [-0.05, 0) is 69.2 Å². The lowest BCUT2D eigenvalue weighted by molar-refractivity contribution is -0.124. The average Bonchev–Trinajstić information content (AvgIpc) is 2.98. The van der Waals surface area contributed by atoms with Crippen LogP contribution in [-0.4, -0.2) is 76.9 Å². The number of hydrogen-bond acceptors (Lipinski definition) is 8.